The third kappa shape index (κ3) is 3.88. The fraction of sp³-hybridized carbons (Fsp3) is 0.357. The van der Waals surface area contributed by atoms with Crippen LogP contribution in [0.2, 0.25) is 0 Å². The Kier molecular flexibility index (Phi) is 5.43. The van der Waals surface area contributed by atoms with E-state index in [0.29, 0.717) is 29.2 Å². The van der Waals surface area contributed by atoms with Gasteiger partial charge in [0.15, 0.2) is 0 Å². The molecule has 2 aliphatic carbocycles. The summed E-state index contributed by atoms with van der Waals surface area (Å²) in [4.78, 5) is 17.1. The van der Waals surface area contributed by atoms with Crippen LogP contribution >= 0.6 is 0 Å². The van der Waals surface area contributed by atoms with Crippen molar-refractivity contribution in [3.05, 3.63) is 77.2 Å². The molecule has 3 aromatic rings. The van der Waals surface area contributed by atoms with Crippen molar-refractivity contribution < 1.29 is 9.18 Å². The molecule has 1 amide bonds. The van der Waals surface area contributed by atoms with E-state index in [2.05, 4.69) is 29.2 Å². The molecular weight excluding hydrogens is 399 g/mol. The van der Waals surface area contributed by atoms with Crippen LogP contribution in [0.3, 0.4) is 0 Å². The lowest BCUT2D eigenvalue weighted by atomic mass is 9.88. The maximum atomic E-state index is 13.9. The van der Waals surface area contributed by atoms with E-state index in [-0.39, 0.29) is 17.8 Å². The van der Waals surface area contributed by atoms with E-state index in [1.165, 1.54) is 11.6 Å². The number of rotatable bonds is 4. The van der Waals surface area contributed by atoms with E-state index in [4.69, 9.17) is 6.42 Å². The second-order valence-corrected chi connectivity index (χ2v) is 9.47. The highest BCUT2D eigenvalue weighted by Gasteiger charge is 2.43. The summed E-state index contributed by atoms with van der Waals surface area (Å²) in [5, 5.41) is 4.15. The number of fused-ring (bicyclic) bond motifs is 2. The Hall–Kier alpha value is -3.19. The van der Waals surface area contributed by atoms with Gasteiger partial charge in [-0.05, 0) is 110 Å². The first-order chi connectivity index (χ1) is 15.5. The first kappa shape index (κ1) is 20.7. The van der Waals surface area contributed by atoms with Crippen LogP contribution in [-0.2, 0) is 0 Å². The largest absolute Gasteiger partial charge is 0.349 e. The molecular formula is C28H27FN2O. The molecule has 0 saturated heterocycles. The van der Waals surface area contributed by atoms with Crippen LogP contribution in [0.15, 0.2) is 54.7 Å². The molecule has 0 bridgehead atoms. The van der Waals surface area contributed by atoms with Gasteiger partial charge in [-0.2, -0.15) is 0 Å². The van der Waals surface area contributed by atoms with Gasteiger partial charge < -0.3 is 5.32 Å². The Balaban J connectivity index is 1.23. The van der Waals surface area contributed by atoms with Crippen LogP contribution in [-0.4, -0.2) is 16.9 Å². The molecule has 1 N–H and O–H groups in total. The van der Waals surface area contributed by atoms with Gasteiger partial charge >= 0.3 is 0 Å². The lowest BCUT2D eigenvalue weighted by molar-refractivity contribution is 0.0925. The van der Waals surface area contributed by atoms with Gasteiger partial charge in [0.25, 0.3) is 5.91 Å². The Morgan fingerprint density at radius 1 is 1.09 bits per heavy atom. The summed E-state index contributed by atoms with van der Waals surface area (Å²) in [6.07, 6.45) is 11.8. The van der Waals surface area contributed by atoms with Crippen molar-refractivity contribution in [2.45, 2.75) is 44.6 Å². The minimum atomic E-state index is -0.205. The van der Waals surface area contributed by atoms with Gasteiger partial charge in [-0.1, -0.05) is 5.92 Å². The van der Waals surface area contributed by atoms with Crippen LogP contribution in [0.5, 0.6) is 0 Å². The fourth-order valence-electron chi connectivity index (χ4n) is 5.95. The Bertz CT molecular complexity index is 1180. The van der Waals surface area contributed by atoms with Crippen molar-refractivity contribution in [2.75, 3.05) is 0 Å². The minimum Gasteiger partial charge on any atom is -0.349 e. The molecule has 5 atom stereocenters. The molecule has 0 spiro atoms. The number of halogens is 1. The maximum Gasteiger partial charge on any atom is 0.251 e. The number of nitrogens with one attached hydrogen (secondary N) is 1. The molecule has 4 heteroatoms. The zero-order valence-electron chi connectivity index (χ0n) is 18.2. The number of aromatic nitrogens is 1. The Morgan fingerprint density at radius 3 is 2.50 bits per heavy atom. The maximum absolute atomic E-state index is 13.9. The topological polar surface area (TPSA) is 42.0 Å². The van der Waals surface area contributed by atoms with E-state index < -0.39 is 0 Å². The monoisotopic (exact) mass is 426 g/mol. The molecule has 3 nitrogen and oxygen atoms in total. The molecule has 2 aliphatic rings. The highest BCUT2D eigenvalue weighted by atomic mass is 19.1. The van der Waals surface area contributed by atoms with Gasteiger partial charge in [-0.25, -0.2) is 4.39 Å². The molecule has 1 aromatic heterocycles. The number of carbonyl (C=O) groups is 1. The SMILES string of the molecule is C#Cc1ccc(C(=O)NC(C)C2C[C@H]3CC(c4ccnc5ccc(F)cc45)C[C@H]3C2)cc1. The fourth-order valence-corrected chi connectivity index (χ4v) is 5.95. The van der Waals surface area contributed by atoms with E-state index in [1.807, 2.05) is 6.20 Å². The number of nitrogens with zero attached hydrogens (tertiary/aromatic N) is 1. The summed E-state index contributed by atoms with van der Waals surface area (Å²) < 4.78 is 13.9. The second-order valence-electron chi connectivity index (χ2n) is 9.47. The van der Waals surface area contributed by atoms with Crippen molar-refractivity contribution >= 4 is 16.8 Å². The van der Waals surface area contributed by atoms with Gasteiger partial charge in [0.2, 0.25) is 0 Å². The molecule has 2 fully saturated rings. The van der Waals surface area contributed by atoms with Gasteiger partial charge in [-0.15, -0.1) is 6.42 Å². The van der Waals surface area contributed by atoms with Crippen LogP contribution in [0.1, 0.15) is 60.0 Å². The summed E-state index contributed by atoms with van der Waals surface area (Å²) in [5.74, 6) is 4.60. The summed E-state index contributed by atoms with van der Waals surface area (Å²) in [6, 6.07) is 14.2. The van der Waals surface area contributed by atoms with E-state index in [9.17, 15) is 9.18 Å². The smallest absolute Gasteiger partial charge is 0.251 e. The average molecular weight is 427 g/mol. The minimum absolute atomic E-state index is 0.0405. The summed E-state index contributed by atoms with van der Waals surface area (Å²) in [6.45, 7) is 2.12. The van der Waals surface area contributed by atoms with Gasteiger partial charge in [-0.3, -0.25) is 9.78 Å². The zero-order chi connectivity index (χ0) is 22.2. The van der Waals surface area contributed by atoms with Crippen LogP contribution in [0.25, 0.3) is 10.9 Å². The van der Waals surface area contributed by atoms with Crippen LogP contribution < -0.4 is 5.32 Å². The van der Waals surface area contributed by atoms with Crippen molar-refractivity contribution in [2.24, 2.45) is 17.8 Å². The van der Waals surface area contributed by atoms with Crippen molar-refractivity contribution in [3.8, 4) is 12.3 Å². The average Bonchev–Trinajstić information content (AvgIpc) is 3.38. The molecule has 2 saturated carbocycles. The highest BCUT2D eigenvalue weighted by molar-refractivity contribution is 5.94. The number of carbonyl (C=O) groups excluding carboxylic acids is 1. The normalized spacial score (nSPS) is 25.3. The predicted octanol–water partition coefficient (Wildman–Crippen LogP) is 5.69. The first-order valence-electron chi connectivity index (χ1n) is 11.4. The molecule has 5 rings (SSSR count). The number of terminal acetylenes is 1. The standard InChI is InChI=1S/C28H27FN2O/c1-3-18-4-6-19(7-5-18)28(32)31-17(2)20-12-21-14-23(15-22(21)13-20)25-10-11-30-27-9-8-24(29)16-26(25)27/h1,4-11,16-17,20-23H,12-15H2,2H3,(H,31,32)/t17?,20?,21-,22+,23?. The van der Waals surface area contributed by atoms with Crippen molar-refractivity contribution in [1.29, 1.82) is 0 Å². The number of benzene rings is 2. The molecule has 32 heavy (non-hydrogen) atoms. The Labute approximate surface area is 188 Å². The molecule has 162 valence electrons. The number of pyridine rings is 1. The quantitative estimate of drug-likeness (QED) is 0.544. The molecule has 0 aliphatic heterocycles. The van der Waals surface area contributed by atoms with Crippen molar-refractivity contribution in [3.63, 3.8) is 0 Å². The number of hydrogen-bond donors (Lipinski definition) is 1. The highest BCUT2D eigenvalue weighted by Crippen LogP contribution is 2.53. The van der Waals surface area contributed by atoms with Crippen molar-refractivity contribution in [1.82, 2.24) is 10.3 Å². The lowest BCUT2D eigenvalue weighted by Gasteiger charge is -2.23. The molecule has 0 radical (unpaired) electrons. The summed E-state index contributed by atoms with van der Waals surface area (Å²) in [7, 11) is 0. The summed E-state index contributed by atoms with van der Waals surface area (Å²) in [5.41, 5.74) is 3.52. The predicted molar refractivity (Wildman–Crippen MR) is 125 cm³/mol. The lowest BCUT2D eigenvalue weighted by Crippen LogP contribution is -2.37. The zero-order valence-corrected chi connectivity index (χ0v) is 18.2. The molecule has 1 heterocycles. The Morgan fingerprint density at radius 2 is 1.81 bits per heavy atom. The van der Waals surface area contributed by atoms with E-state index in [1.54, 1.807) is 36.4 Å². The third-order valence-electron chi connectivity index (χ3n) is 7.61. The van der Waals surface area contributed by atoms with Crippen LogP contribution in [0.4, 0.5) is 4.39 Å². The van der Waals surface area contributed by atoms with Gasteiger partial charge in [0.1, 0.15) is 5.82 Å². The number of hydrogen-bond acceptors (Lipinski definition) is 2. The van der Waals surface area contributed by atoms with Gasteiger partial charge in [0.05, 0.1) is 5.52 Å². The first-order valence-corrected chi connectivity index (χ1v) is 11.4. The molecule has 3 unspecified atom stereocenters. The number of amides is 1. The second kappa shape index (κ2) is 8.39. The third-order valence-corrected chi connectivity index (χ3v) is 7.61. The van der Waals surface area contributed by atoms with E-state index >= 15 is 0 Å². The summed E-state index contributed by atoms with van der Waals surface area (Å²) >= 11 is 0. The van der Waals surface area contributed by atoms with E-state index in [0.717, 1.165) is 42.1 Å². The molecule has 2 aromatic carbocycles. The van der Waals surface area contributed by atoms with Crippen LogP contribution in [0, 0.1) is 35.9 Å². The van der Waals surface area contributed by atoms with Gasteiger partial charge in [0, 0.05) is 28.8 Å².